The number of nitrogens with zero attached hydrogens (tertiary/aromatic N) is 2. The van der Waals surface area contributed by atoms with Gasteiger partial charge in [-0.2, -0.15) is 5.10 Å². The Kier molecular flexibility index (Phi) is 5.98. The Morgan fingerprint density at radius 3 is 2.59 bits per heavy atom. The van der Waals surface area contributed by atoms with Crippen molar-refractivity contribution in [1.82, 2.24) is 9.78 Å². The van der Waals surface area contributed by atoms with Crippen LogP contribution < -0.4 is 14.8 Å². The Labute approximate surface area is 162 Å². The van der Waals surface area contributed by atoms with Crippen LogP contribution in [0.25, 0.3) is 0 Å². The Bertz CT molecular complexity index is 922. The summed E-state index contributed by atoms with van der Waals surface area (Å²) >= 11 is 6.08. The topological polar surface area (TPSA) is 65.4 Å². The van der Waals surface area contributed by atoms with Gasteiger partial charge in [-0.05, 0) is 54.4 Å². The first-order valence-corrected chi connectivity index (χ1v) is 8.80. The van der Waals surface area contributed by atoms with Crippen molar-refractivity contribution >= 4 is 23.2 Å². The second kappa shape index (κ2) is 8.60. The summed E-state index contributed by atoms with van der Waals surface area (Å²) in [7, 11) is 3.45. The summed E-state index contributed by atoms with van der Waals surface area (Å²) in [5.41, 5.74) is 1.53. The molecule has 140 valence electrons. The second-order valence-electron chi connectivity index (χ2n) is 5.99. The smallest absolute Gasteiger partial charge is 0.224 e. The third-order valence-electron chi connectivity index (χ3n) is 3.90. The molecule has 0 fully saturated rings. The van der Waals surface area contributed by atoms with E-state index in [4.69, 9.17) is 21.1 Å². The SMILES string of the molecule is COc1ccc(Oc2ccc(Cl)cc2NC(=O)CCc2cnn(C)c2)cc1. The van der Waals surface area contributed by atoms with Crippen LogP contribution in [0.1, 0.15) is 12.0 Å². The lowest BCUT2D eigenvalue weighted by Crippen LogP contribution is -2.13. The monoisotopic (exact) mass is 385 g/mol. The maximum Gasteiger partial charge on any atom is 0.224 e. The van der Waals surface area contributed by atoms with Gasteiger partial charge < -0.3 is 14.8 Å². The van der Waals surface area contributed by atoms with E-state index in [0.29, 0.717) is 35.1 Å². The van der Waals surface area contributed by atoms with E-state index in [1.165, 1.54) is 0 Å². The number of nitrogens with one attached hydrogen (secondary N) is 1. The zero-order valence-corrected chi connectivity index (χ0v) is 15.9. The number of aromatic nitrogens is 2. The summed E-state index contributed by atoms with van der Waals surface area (Å²) in [4.78, 5) is 12.3. The highest BCUT2D eigenvalue weighted by Crippen LogP contribution is 2.32. The number of anilines is 1. The van der Waals surface area contributed by atoms with Crippen LogP contribution in [0.3, 0.4) is 0 Å². The molecule has 0 aliphatic carbocycles. The average Bonchev–Trinajstić information content (AvgIpc) is 3.08. The van der Waals surface area contributed by atoms with Crippen molar-refractivity contribution in [3.8, 4) is 17.2 Å². The fourth-order valence-electron chi connectivity index (χ4n) is 2.53. The molecule has 0 saturated heterocycles. The van der Waals surface area contributed by atoms with Crippen LogP contribution in [0.5, 0.6) is 17.2 Å². The number of carbonyl (C=O) groups excluding carboxylic acids is 1. The third kappa shape index (κ3) is 5.24. The molecule has 1 aromatic heterocycles. The van der Waals surface area contributed by atoms with Crippen molar-refractivity contribution in [1.29, 1.82) is 0 Å². The zero-order chi connectivity index (χ0) is 19.2. The number of amides is 1. The summed E-state index contributed by atoms with van der Waals surface area (Å²) in [6, 6.07) is 12.3. The van der Waals surface area contributed by atoms with Gasteiger partial charge in [-0.1, -0.05) is 11.6 Å². The van der Waals surface area contributed by atoms with Crippen molar-refractivity contribution in [2.24, 2.45) is 7.05 Å². The first-order chi connectivity index (χ1) is 13.0. The summed E-state index contributed by atoms with van der Waals surface area (Å²) in [6.45, 7) is 0. The van der Waals surface area contributed by atoms with Crippen LogP contribution in [0.15, 0.2) is 54.9 Å². The molecule has 1 N–H and O–H groups in total. The molecule has 6 nitrogen and oxygen atoms in total. The van der Waals surface area contributed by atoms with Crippen LogP contribution in [-0.4, -0.2) is 22.8 Å². The van der Waals surface area contributed by atoms with Gasteiger partial charge in [-0.25, -0.2) is 0 Å². The molecule has 27 heavy (non-hydrogen) atoms. The van der Waals surface area contributed by atoms with E-state index < -0.39 is 0 Å². The third-order valence-corrected chi connectivity index (χ3v) is 4.14. The number of hydrogen-bond donors (Lipinski definition) is 1. The number of benzene rings is 2. The molecule has 0 atom stereocenters. The molecule has 0 bridgehead atoms. The summed E-state index contributed by atoms with van der Waals surface area (Å²) in [5.74, 6) is 1.76. The largest absolute Gasteiger partial charge is 0.497 e. The molecule has 0 unspecified atom stereocenters. The van der Waals surface area contributed by atoms with Crippen LogP contribution in [-0.2, 0) is 18.3 Å². The van der Waals surface area contributed by atoms with Crippen molar-refractivity contribution < 1.29 is 14.3 Å². The maximum atomic E-state index is 12.3. The van der Waals surface area contributed by atoms with Crippen LogP contribution in [0.4, 0.5) is 5.69 Å². The minimum Gasteiger partial charge on any atom is -0.497 e. The standard InChI is InChI=1S/C20H20ClN3O3/c1-24-13-14(12-22-24)3-10-20(25)23-18-11-15(21)4-9-19(18)27-17-7-5-16(26-2)6-8-17/h4-9,11-13H,3,10H2,1-2H3,(H,23,25). The lowest BCUT2D eigenvalue weighted by atomic mass is 10.2. The fraction of sp³-hybridized carbons (Fsp3) is 0.200. The summed E-state index contributed by atoms with van der Waals surface area (Å²) < 4.78 is 12.7. The maximum absolute atomic E-state index is 12.3. The van der Waals surface area contributed by atoms with Crippen molar-refractivity contribution in [3.05, 3.63) is 65.4 Å². The molecule has 0 radical (unpaired) electrons. The Balaban J connectivity index is 1.68. The Morgan fingerprint density at radius 2 is 1.93 bits per heavy atom. The molecule has 0 aliphatic rings. The van der Waals surface area contributed by atoms with Gasteiger partial charge in [0.15, 0.2) is 5.75 Å². The minimum atomic E-state index is -0.124. The number of carbonyl (C=O) groups is 1. The molecule has 2 aromatic carbocycles. The Hall–Kier alpha value is -2.99. The lowest BCUT2D eigenvalue weighted by Gasteiger charge is -2.13. The highest BCUT2D eigenvalue weighted by Gasteiger charge is 2.11. The molecular formula is C20H20ClN3O3. The van der Waals surface area contributed by atoms with E-state index in [1.54, 1.807) is 60.5 Å². The fourth-order valence-corrected chi connectivity index (χ4v) is 2.70. The van der Waals surface area contributed by atoms with Crippen LogP contribution in [0, 0.1) is 0 Å². The highest BCUT2D eigenvalue weighted by molar-refractivity contribution is 6.31. The number of aryl methyl sites for hydroxylation is 2. The van der Waals surface area contributed by atoms with E-state index in [2.05, 4.69) is 10.4 Å². The van der Waals surface area contributed by atoms with Gasteiger partial charge in [0.1, 0.15) is 11.5 Å². The van der Waals surface area contributed by atoms with Gasteiger partial charge in [-0.15, -0.1) is 0 Å². The number of rotatable bonds is 7. The number of ether oxygens (including phenoxy) is 2. The van der Waals surface area contributed by atoms with Crippen LogP contribution >= 0.6 is 11.6 Å². The van der Waals surface area contributed by atoms with Crippen molar-refractivity contribution in [3.63, 3.8) is 0 Å². The predicted molar refractivity (Wildman–Crippen MR) is 105 cm³/mol. The first-order valence-electron chi connectivity index (χ1n) is 8.42. The van der Waals surface area contributed by atoms with Gasteiger partial charge in [0.2, 0.25) is 5.91 Å². The molecule has 0 saturated carbocycles. The van der Waals surface area contributed by atoms with Gasteiger partial charge in [0, 0.05) is 24.7 Å². The van der Waals surface area contributed by atoms with Crippen molar-refractivity contribution in [2.45, 2.75) is 12.8 Å². The van der Waals surface area contributed by atoms with E-state index in [0.717, 1.165) is 11.3 Å². The minimum absolute atomic E-state index is 0.124. The quantitative estimate of drug-likeness (QED) is 0.652. The van der Waals surface area contributed by atoms with E-state index in [1.807, 2.05) is 13.2 Å². The molecule has 0 spiro atoms. The van der Waals surface area contributed by atoms with Crippen molar-refractivity contribution in [2.75, 3.05) is 12.4 Å². The molecular weight excluding hydrogens is 366 g/mol. The van der Waals surface area contributed by atoms with Gasteiger partial charge >= 0.3 is 0 Å². The van der Waals surface area contributed by atoms with E-state index in [-0.39, 0.29) is 5.91 Å². The molecule has 3 rings (SSSR count). The molecule has 3 aromatic rings. The molecule has 1 amide bonds. The predicted octanol–water partition coefficient (Wildman–Crippen LogP) is 4.45. The number of hydrogen-bond acceptors (Lipinski definition) is 4. The normalized spacial score (nSPS) is 10.5. The number of halogens is 1. The molecule has 0 aliphatic heterocycles. The average molecular weight is 386 g/mol. The Morgan fingerprint density at radius 1 is 1.19 bits per heavy atom. The zero-order valence-electron chi connectivity index (χ0n) is 15.1. The van der Waals surface area contributed by atoms with Gasteiger partial charge in [0.25, 0.3) is 0 Å². The second-order valence-corrected chi connectivity index (χ2v) is 6.42. The van der Waals surface area contributed by atoms with Crippen LogP contribution in [0.2, 0.25) is 5.02 Å². The van der Waals surface area contributed by atoms with Gasteiger partial charge in [0.05, 0.1) is 19.0 Å². The van der Waals surface area contributed by atoms with Gasteiger partial charge in [-0.3, -0.25) is 9.48 Å². The van der Waals surface area contributed by atoms with E-state index in [9.17, 15) is 4.79 Å². The first kappa shape index (κ1) is 18.8. The summed E-state index contributed by atoms with van der Waals surface area (Å²) in [5, 5.41) is 7.49. The van der Waals surface area contributed by atoms with E-state index >= 15 is 0 Å². The lowest BCUT2D eigenvalue weighted by molar-refractivity contribution is -0.116. The molecule has 1 heterocycles. The summed E-state index contributed by atoms with van der Waals surface area (Å²) in [6.07, 6.45) is 4.59. The highest BCUT2D eigenvalue weighted by atomic mass is 35.5. The number of methoxy groups -OCH3 is 1. The molecule has 7 heteroatoms.